The number of carbonyl (C=O) groups excluding carboxylic acids is 3. The minimum Gasteiger partial charge on any atom is -0.342 e. The minimum atomic E-state index is -0.831. The molecule has 1 unspecified atom stereocenters. The van der Waals surface area contributed by atoms with Crippen LogP contribution < -0.4 is 10.6 Å². The highest BCUT2D eigenvalue weighted by molar-refractivity contribution is 6.07. The Labute approximate surface area is 134 Å². The first-order chi connectivity index (χ1) is 11.0. The molecule has 0 radical (unpaired) electrons. The number of piperidine rings is 1. The Bertz CT molecular complexity index is 623. The van der Waals surface area contributed by atoms with E-state index in [1.165, 1.54) is 0 Å². The molecule has 23 heavy (non-hydrogen) atoms. The number of imide groups is 1. The van der Waals surface area contributed by atoms with Crippen LogP contribution in [0.1, 0.15) is 37.7 Å². The van der Waals surface area contributed by atoms with E-state index in [-0.39, 0.29) is 17.7 Å². The van der Waals surface area contributed by atoms with Crippen molar-refractivity contribution < 1.29 is 14.4 Å². The van der Waals surface area contributed by atoms with Crippen molar-refractivity contribution in [3.05, 3.63) is 30.1 Å². The highest BCUT2D eigenvalue weighted by Crippen LogP contribution is 2.27. The molecule has 0 bridgehead atoms. The number of rotatable bonds is 3. The van der Waals surface area contributed by atoms with Gasteiger partial charge in [0.05, 0.1) is 0 Å². The molecule has 2 N–H and O–H groups in total. The summed E-state index contributed by atoms with van der Waals surface area (Å²) in [6.45, 7) is 2.96. The van der Waals surface area contributed by atoms with Crippen molar-refractivity contribution in [2.75, 3.05) is 13.1 Å². The maximum atomic E-state index is 12.4. The maximum absolute atomic E-state index is 12.4. The number of nitrogens with zero attached hydrogens (tertiary/aromatic N) is 2. The van der Waals surface area contributed by atoms with E-state index in [0.29, 0.717) is 32.4 Å². The second-order valence-electron chi connectivity index (χ2n) is 6.26. The number of carbonyl (C=O) groups is 3. The summed E-state index contributed by atoms with van der Waals surface area (Å²) in [5.41, 5.74) is 0.208. The maximum Gasteiger partial charge on any atom is 0.322 e. The number of aromatic nitrogens is 1. The second-order valence-corrected chi connectivity index (χ2v) is 6.26. The van der Waals surface area contributed by atoms with Crippen molar-refractivity contribution in [3.63, 3.8) is 0 Å². The monoisotopic (exact) mass is 316 g/mol. The summed E-state index contributed by atoms with van der Waals surface area (Å²) in [7, 11) is 0. The predicted octanol–water partition coefficient (Wildman–Crippen LogP) is 0.776. The van der Waals surface area contributed by atoms with Gasteiger partial charge in [-0.1, -0.05) is 13.0 Å². The molecule has 2 aliphatic rings. The lowest BCUT2D eigenvalue weighted by molar-refractivity contribution is -0.136. The Kier molecular flexibility index (Phi) is 4.02. The summed E-state index contributed by atoms with van der Waals surface area (Å²) in [6, 6.07) is 3.39. The smallest absolute Gasteiger partial charge is 0.322 e. The fourth-order valence-electron chi connectivity index (χ4n) is 3.19. The molecule has 122 valence electrons. The van der Waals surface area contributed by atoms with Gasteiger partial charge >= 0.3 is 6.03 Å². The predicted molar refractivity (Wildman–Crippen MR) is 82.5 cm³/mol. The number of urea groups is 1. The summed E-state index contributed by atoms with van der Waals surface area (Å²) >= 11 is 0. The van der Waals surface area contributed by atoms with Gasteiger partial charge in [-0.25, -0.2) is 4.79 Å². The number of nitrogens with one attached hydrogen (secondary N) is 2. The molecule has 3 heterocycles. The first-order valence-corrected chi connectivity index (χ1v) is 7.81. The largest absolute Gasteiger partial charge is 0.342 e. The molecule has 0 saturated carbocycles. The third-order valence-electron chi connectivity index (χ3n) is 4.72. The fraction of sp³-hybridized carbons (Fsp3) is 0.500. The zero-order valence-corrected chi connectivity index (χ0v) is 13.0. The number of hydrogen-bond donors (Lipinski definition) is 2. The minimum absolute atomic E-state index is 0.0703. The van der Waals surface area contributed by atoms with E-state index in [1.54, 1.807) is 17.3 Å². The average Bonchev–Trinajstić information content (AvgIpc) is 2.82. The van der Waals surface area contributed by atoms with Crippen LogP contribution in [0, 0.1) is 0 Å². The van der Waals surface area contributed by atoms with Crippen LogP contribution in [0.25, 0.3) is 0 Å². The third kappa shape index (κ3) is 3.04. The molecule has 7 nitrogen and oxygen atoms in total. The van der Waals surface area contributed by atoms with Crippen molar-refractivity contribution >= 4 is 17.8 Å². The Balaban J connectivity index is 1.56. The molecule has 1 spiro atoms. The Hall–Kier alpha value is -2.44. The SMILES string of the molecule is CC(CC(=O)N1CCC2(CC1)NC(=O)NC2=O)c1cccnc1. The van der Waals surface area contributed by atoms with E-state index in [4.69, 9.17) is 0 Å². The van der Waals surface area contributed by atoms with E-state index < -0.39 is 11.6 Å². The van der Waals surface area contributed by atoms with Gasteiger partial charge in [-0.15, -0.1) is 0 Å². The number of hydrogen-bond acceptors (Lipinski definition) is 4. The molecule has 2 aliphatic heterocycles. The van der Waals surface area contributed by atoms with Crippen molar-refractivity contribution in [2.45, 2.75) is 37.6 Å². The van der Waals surface area contributed by atoms with Crippen LogP contribution in [0.15, 0.2) is 24.5 Å². The lowest BCUT2D eigenvalue weighted by atomic mass is 9.87. The van der Waals surface area contributed by atoms with E-state index >= 15 is 0 Å². The van der Waals surface area contributed by atoms with Gasteiger partial charge in [0.2, 0.25) is 5.91 Å². The summed E-state index contributed by atoms with van der Waals surface area (Å²) in [5.74, 6) is -0.110. The molecule has 1 atom stereocenters. The van der Waals surface area contributed by atoms with Crippen LogP contribution in [-0.4, -0.2) is 46.4 Å². The molecule has 3 rings (SSSR count). The standard InChI is InChI=1S/C16H20N4O3/c1-11(12-3-2-6-17-10-12)9-13(21)20-7-4-16(5-8-20)14(22)18-15(23)19-16/h2-3,6,10-11H,4-5,7-9H2,1H3,(H2,18,19,22,23). The van der Waals surface area contributed by atoms with Gasteiger partial charge in [-0.05, 0) is 30.4 Å². The van der Waals surface area contributed by atoms with E-state index in [0.717, 1.165) is 5.56 Å². The van der Waals surface area contributed by atoms with Gasteiger partial charge in [0.1, 0.15) is 5.54 Å². The van der Waals surface area contributed by atoms with Crippen LogP contribution >= 0.6 is 0 Å². The normalized spacial score (nSPS) is 21.0. The molecule has 1 aromatic rings. The molecular formula is C16H20N4O3. The Morgan fingerprint density at radius 2 is 2.13 bits per heavy atom. The molecule has 0 aromatic carbocycles. The van der Waals surface area contributed by atoms with Crippen LogP contribution in [0.5, 0.6) is 0 Å². The van der Waals surface area contributed by atoms with Crippen LogP contribution in [0.4, 0.5) is 4.79 Å². The van der Waals surface area contributed by atoms with Gasteiger partial charge in [-0.3, -0.25) is 19.9 Å². The third-order valence-corrected chi connectivity index (χ3v) is 4.72. The molecule has 4 amide bonds. The van der Waals surface area contributed by atoms with Crippen LogP contribution in [-0.2, 0) is 9.59 Å². The topological polar surface area (TPSA) is 91.4 Å². The quantitative estimate of drug-likeness (QED) is 0.806. The first-order valence-electron chi connectivity index (χ1n) is 7.81. The van der Waals surface area contributed by atoms with Gasteiger partial charge in [-0.2, -0.15) is 0 Å². The first kappa shape index (κ1) is 15.5. The highest BCUT2D eigenvalue weighted by Gasteiger charge is 2.48. The van der Waals surface area contributed by atoms with Crippen molar-refractivity contribution in [1.82, 2.24) is 20.5 Å². The molecule has 7 heteroatoms. The number of amides is 4. The fourth-order valence-corrected chi connectivity index (χ4v) is 3.19. The average molecular weight is 316 g/mol. The molecule has 0 aliphatic carbocycles. The Morgan fingerprint density at radius 3 is 2.70 bits per heavy atom. The van der Waals surface area contributed by atoms with Gasteiger partial charge in [0.15, 0.2) is 0 Å². The summed E-state index contributed by atoms with van der Waals surface area (Å²) in [6.07, 6.45) is 4.82. The number of pyridine rings is 1. The lowest BCUT2D eigenvalue weighted by Gasteiger charge is -2.37. The summed E-state index contributed by atoms with van der Waals surface area (Å²) < 4.78 is 0. The molecule has 2 saturated heterocycles. The van der Waals surface area contributed by atoms with Crippen molar-refractivity contribution in [1.29, 1.82) is 0 Å². The van der Waals surface area contributed by atoms with Crippen LogP contribution in [0.3, 0.4) is 0 Å². The second kappa shape index (κ2) is 5.98. The van der Waals surface area contributed by atoms with E-state index in [1.807, 2.05) is 19.1 Å². The van der Waals surface area contributed by atoms with Gasteiger partial charge < -0.3 is 10.2 Å². The van der Waals surface area contributed by atoms with Crippen molar-refractivity contribution in [3.8, 4) is 0 Å². The van der Waals surface area contributed by atoms with Gasteiger partial charge in [0, 0.05) is 31.9 Å². The zero-order chi connectivity index (χ0) is 16.4. The highest BCUT2D eigenvalue weighted by atomic mass is 16.2. The molecular weight excluding hydrogens is 296 g/mol. The molecule has 2 fully saturated rings. The lowest BCUT2D eigenvalue weighted by Crippen LogP contribution is -2.55. The zero-order valence-electron chi connectivity index (χ0n) is 13.0. The number of likely N-dealkylation sites (tertiary alicyclic amines) is 1. The summed E-state index contributed by atoms with van der Waals surface area (Å²) in [4.78, 5) is 41.5. The summed E-state index contributed by atoms with van der Waals surface area (Å²) in [5, 5.41) is 4.98. The van der Waals surface area contributed by atoms with E-state index in [9.17, 15) is 14.4 Å². The van der Waals surface area contributed by atoms with Crippen LogP contribution in [0.2, 0.25) is 0 Å². The molecule has 1 aromatic heterocycles. The van der Waals surface area contributed by atoms with E-state index in [2.05, 4.69) is 15.6 Å². The van der Waals surface area contributed by atoms with Crippen molar-refractivity contribution in [2.24, 2.45) is 0 Å². The van der Waals surface area contributed by atoms with Gasteiger partial charge in [0.25, 0.3) is 5.91 Å². The Morgan fingerprint density at radius 1 is 1.39 bits per heavy atom.